The van der Waals surface area contributed by atoms with Gasteiger partial charge in [0.1, 0.15) is 5.57 Å². The maximum Gasteiger partial charge on any atom is 0.337 e. The zero-order valence-corrected chi connectivity index (χ0v) is 22.8. The van der Waals surface area contributed by atoms with Gasteiger partial charge in [-0.15, -0.1) is 0 Å². The van der Waals surface area contributed by atoms with Gasteiger partial charge < -0.3 is 14.8 Å². The second kappa shape index (κ2) is 12.2. The third kappa shape index (κ3) is 6.42. The summed E-state index contributed by atoms with van der Waals surface area (Å²) in [5.74, 6) is -2.90. The number of anilines is 2. The van der Waals surface area contributed by atoms with E-state index >= 15 is 0 Å². The Hall–Kier alpha value is -4.38. The Balaban J connectivity index is 1.51. The number of ether oxygens (including phenoxy) is 2. The van der Waals surface area contributed by atoms with E-state index in [0.29, 0.717) is 10.7 Å². The van der Waals surface area contributed by atoms with Crippen molar-refractivity contribution in [1.29, 1.82) is 0 Å². The van der Waals surface area contributed by atoms with Crippen LogP contribution >= 0.6 is 34.8 Å². The van der Waals surface area contributed by atoms with Gasteiger partial charge in [-0.2, -0.15) is 0 Å². The Bertz CT molecular complexity index is 1530. The van der Waals surface area contributed by atoms with E-state index in [2.05, 4.69) is 15.4 Å². The molecule has 3 aromatic carbocycles. The second-order valence-corrected chi connectivity index (χ2v) is 9.40. The van der Waals surface area contributed by atoms with Crippen molar-refractivity contribution in [2.24, 2.45) is 0 Å². The molecule has 5 amide bonds. The molecule has 0 atom stereocenters. The van der Waals surface area contributed by atoms with Gasteiger partial charge in [-0.05, 0) is 72.3 Å². The average Bonchev–Trinajstić information content (AvgIpc) is 2.91. The summed E-state index contributed by atoms with van der Waals surface area (Å²) in [6.07, 6.45) is 1.20. The molecule has 0 bridgehead atoms. The molecule has 3 aromatic rings. The molecule has 0 aliphatic carbocycles. The highest BCUT2D eigenvalue weighted by atomic mass is 35.5. The highest BCUT2D eigenvalue weighted by Crippen LogP contribution is 2.35. The molecule has 204 valence electrons. The Labute approximate surface area is 242 Å². The van der Waals surface area contributed by atoms with Crippen LogP contribution in [0.4, 0.5) is 16.2 Å². The van der Waals surface area contributed by atoms with E-state index in [1.54, 1.807) is 24.3 Å². The number of methoxy groups -OCH3 is 1. The highest BCUT2D eigenvalue weighted by Gasteiger charge is 2.37. The van der Waals surface area contributed by atoms with Gasteiger partial charge in [-0.25, -0.2) is 14.5 Å². The number of halogens is 3. The minimum atomic E-state index is -0.963. The number of hydrogen-bond donors (Lipinski definition) is 2. The Morgan fingerprint density at radius 2 is 1.57 bits per heavy atom. The fraction of sp³-hybridized carbons (Fsp3) is 0.0741. The van der Waals surface area contributed by atoms with Crippen LogP contribution in [0, 0.1) is 0 Å². The molecule has 0 aromatic heterocycles. The minimum absolute atomic E-state index is 0.00800. The summed E-state index contributed by atoms with van der Waals surface area (Å²) in [5, 5.41) is 5.26. The van der Waals surface area contributed by atoms with Crippen LogP contribution in [0.5, 0.6) is 5.75 Å². The van der Waals surface area contributed by atoms with Crippen molar-refractivity contribution < 1.29 is 33.4 Å². The summed E-state index contributed by atoms with van der Waals surface area (Å²) < 4.78 is 10.1. The van der Waals surface area contributed by atoms with E-state index in [9.17, 15) is 24.0 Å². The lowest BCUT2D eigenvalue weighted by atomic mass is 10.1. The fourth-order valence-corrected chi connectivity index (χ4v) is 4.33. The Kier molecular flexibility index (Phi) is 8.73. The van der Waals surface area contributed by atoms with Gasteiger partial charge >= 0.3 is 12.0 Å². The van der Waals surface area contributed by atoms with Gasteiger partial charge in [0.25, 0.3) is 17.7 Å². The van der Waals surface area contributed by atoms with Crippen LogP contribution in [0.3, 0.4) is 0 Å². The average molecular weight is 603 g/mol. The van der Waals surface area contributed by atoms with Gasteiger partial charge in [0.15, 0.2) is 12.4 Å². The molecule has 0 radical (unpaired) electrons. The van der Waals surface area contributed by atoms with E-state index in [-0.39, 0.29) is 38.2 Å². The van der Waals surface area contributed by atoms with E-state index in [4.69, 9.17) is 39.5 Å². The molecule has 1 heterocycles. The Morgan fingerprint density at radius 3 is 2.17 bits per heavy atom. The number of barbiturate groups is 1. The third-order valence-corrected chi connectivity index (χ3v) is 6.27. The monoisotopic (exact) mass is 601 g/mol. The molecule has 1 aliphatic rings. The number of carbonyl (C=O) groups is 5. The third-order valence-electron chi connectivity index (χ3n) is 5.46. The number of benzene rings is 3. The minimum Gasteiger partial charge on any atom is -0.481 e. The van der Waals surface area contributed by atoms with Crippen LogP contribution < -0.4 is 20.3 Å². The molecular formula is C27H18Cl3N3O7. The summed E-state index contributed by atoms with van der Waals surface area (Å²) in [4.78, 5) is 62.8. The molecular weight excluding hydrogens is 585 g/mol. The summed E-state index contributed by atoms with van der Waals surface area (Å²) in [6, 6.07) is 13.7. The van der Waals surface area contributed by atoms with Crippen LogP contribution in [0.25, 0.3) is 6.08 Å². The van der Waals surface area contributed by atoms with Crippen molar-refractivity contribution in [3.8, 4) is 5.75 Å². The summed E-state index contributed by atoms with van der Waals surface area (Å²) >= 11 is 18.5. The number of nitrogens with one attached hydrogen (secondary N) is 2. The van der Waals surface area contributed by atoms with Crippen molar-refractivity contribution in [2.45, 2.75) is 0 Å². The van der Waals surface area contributed by atoms with Crippen molar-refractivity contribution in [3.63, 3.8) is 0 Å². The molecule has 13 heteroatoms. The van der Waals surface area contributed by atoms with Crippen LogP contribution in [-0.4, -0.2) is 43.4 Å². The number of imide groups is 2. The molecule has 0 spiro atoms. The molecule has 0 unspecified atom stereocenters. The number of hydrogen-bond acceptors (Lipinski definition) is 7. The number of esters is 1. The van der Waals surface area contributed by atoms with Crippen molar-refractivity contribution >= 4 is 82.0 Å². The van der Waals surface area contributed by atoms with Gasteiger partial charge in [0.05, 0.1) is 28.4 Å². The second-order valence-electron chi connectivity index (χ2n) is 8.15. The summed E-state index contributed by atoms with van der Waals surface area (Å²) in [7, 11) is 1.22. The lowest BCUT2D eigenvalue weighted by molar-refractivity contribution is -0.122. The van der Waals surface area contributed by atoms with E-state index in [0.717, 1.165) is 4.90 Å². The Morgan fingerprint density at radius 1 is 0.950 bits per heavy atom. The first kappa shape index (κ1) is 28.6. The zero-order valence-electron chi connectivity index (χ0n) is 20.5. The molecule has 0 saturated carbocycles. The summed E-state index contributed by atoms with van der Waals surface area (Å²) in [5.41, 5.74) is 0.711. The molecule has 1 saturated heterocycles. The molecule has 2 N–H and O–H groups in total. The largest absolute Gasteiger partial charge is 0.481 e. The standard InChI is InChI=1S/C27H18Cl3N3O7/c1-39-26(37)15-2-8-18(9-3-15)33-25(36)19(24(35)32-27(33)38)10-14-11-20(29)23(21(30)12-14)40-13-22(34)31-17-6-4-16(28)5-7-17/h2-12H,13H2,1H3,(H,31,34)(H,32,35,38)/b19-10+. The predicted octanol–water partition coefficient (Wildman–Crippen LogP) is 5.12. The van der Waals surface area contributed by atoms with Gasteiger partial charge in [0.2, 0.25) is 0 Å². The first-order chi connectivity index (χ1) is 19.1. The van der Waals surface area contributed by atoms with Crippen LogP contribution in [0.2, 0.25) is 15.1 Å². The number of nitrogens with zero attached hydrogens (tertiary/aromatic N) is 1. The van der Waals surface area contributed by atoms with Crippen molar-refractivity contribution in [3.05, 3.63) is 92.4 Å². The SMILES string of the molecule is COC(=O)c1ccc(N2C(=O)NC(=O)/C(=C\c3cc(Cl)c(OCC(=O)Nc4ccc(Cl)cc4)c(Cl)c3)C2=O)cc1. The topological polar surface area (TPSA) is 131 Å². The summed E-state index contributed by atoms with van der Waals surface area (Å²) in [6.45, 7) is -0.408. The number of rotatable bonds is 7. The number of carbonyl (C=O) groups excluding carboxylic acids is 5. The van der Waals surface area contributed by atoms with Crippen LogP contribution in [0.1, 0.15) is 15.9 Å². The number of amides is 5. The molecule has 40 heavy (non-hydrogen) atoms. The van der Waals surface area contributed by atoms with Gasteiger partial charge in [-0.1, -0.05) is 34.8 Å². The first-order valence-electron chi connectivity index (χ1n) is 11.3. The zero-order chi connectivity index (χ0) is 29.0. The van der Waals surface area contributed by atoms with E-state index in [1.165, 1.54) is 49.6 Å². The first-order valence-corrected chi connectivity index (χ1v) is 12.5. The van der Waals surface area contributed by atoms with Gasteiger partial charge in [-0.3, -0.25) is 19.7 Å². The normalized spacial score (nSPS) is 14.2. The van der Waals surface area contributed by atoms with Gasteiger partial charge in [0, 0.05) is 10.7 Å². The fourth-order valence-electron chi connectivity index (χ4n) is 3.59. The van der Waals surface area contributed by atoms with Crippen molar-refractivity contribution in [2.75, 3.05) is 23.9 Å². The lowest BCUT2D eigenvalue weighted by Gasteiger charge is -2.26. The van der Waals surface area contributed by atoms with Crippen LogP contribution in [0.15, 0.2) is 66.2 Å². The van der Waals surface area contributed by atoms with Crippen LogP contribution in [-0.2, 0) is 19.1 Å². The van der Waals surface area contributed by atoms with E-state index < -0.39 is 36.3 Å². The predicted molar refractivity (Wildman–Crippen MR) is 149 cm³/mol. The lowest BCUT2D eigenvalue weighted by Crippen LogP contribution is -2.54. The molecule has 1 aliphatic heterocycles. The smallest absolute Gasteiger partial charge is 0.337 e. The molecule has 10 nitrogen and oxygen atoms in total. The maximum atomic E-state index is 13.2. The maximum absolute atomic E-state index is 13.2. The number of urea groups is 1. The quantitative estimate of drug-likeness (QED) is 0.218. The highest BCUT2D eigenvalue weighted by molar-refractivity contribution is 6.40. The molecule has 4 rings (SSSR count). The van der Waals surface area contributed by atoms with E-state index in [1.807, 2.05) is 0 Å². The molecule has 1 fully saturated rings. The van der Waals surface area contributed by atoms with Crippen molar-refractivity contribution in [1.82, 2.24) is 5.32 Å².